The number of nitrogens with zero attached hydrogens (tertiary/aromatic N) is 1. The molecule has 0 radical (unpaired) electrons. The SMILES string of the molecule is COc1ccccc1[C@@H](C)NC(=O)C1CCN(Cc2ccccc2)CC1. The molecule has 4 nitrogen and oxygen atoms in total. The molecule has 1 N–H and O–H groups in total. The molecule has 0 unspecified atom stereocenters. The van der Waals surface area contributed by atoms with Gasteiger partial charge in [-0.15, -0.1) is 0 Å². The number of piperidine rings is 1. The Balaban J connectivity index is 1.50. The van der Waals surface area contributed by atoms with Crippen molar-refractivity contribution in [2.75, 3.05) is 20.2 Å². The second-order valence-electron chi connectivity index (χ2n) is 7.01. The summed E-state index contributed by atoms with van der Waals surface area (Å²) in [5.74, 6) is 1.07. The van der Waals surface area contributed by atoms with Crippen molar-refractivity contribution < 1.29 is 9.53 Å². The maximum absolute atomic E-state index is 12.7. The van der Waals surface area contributed by atoms with E-state index in [2.05, 4.69) is 34.5 Å². The molecule has 1 heterocycles. The molecular weight excluding hydrogens is 324 g/mol. The molecule has 0 aliphatic carbocycles. The van der Waals surface area contributed by atoms with E-state index in [0.29, 0.717) is 0 Å². The molecule has 138 valence electrons. The molecular formula is C22H28N2O2. The Morgan fingerprint density at radius 3 is 2.46 bits per heavy atom. The van der Waals surface area contributed by atoms with Crippen LogP contribution in [0, 0.1) is 5.92 Å². The Morgan fingerprint density at radius 2 is 1.77 bits per heavy atom. The van der Waals surface area contributed by atoms with Crippen molar-refractivity contribution in [1.82, 2.24) is 10.2 Å². The lowest BCUT2D eigenvalue weighted by molar-refractivity contribution is -0.127. The minimum Gasteiger partial charge on any atom is -0.496 e. The number of ether oxygens (including phenoxy) is 1. The van der Waals surface area contributed by atoms with Gasteiger partial charge in [-0.25, -0.2) is 0 Å². The predicted octanol–water partition coefficient (Wildman–Crippen LogP) is 3.78. The Bertz CT molecular complexity index is 709. The van der Waals surface area contributed by atoms with Crippen molar-refractivity contribution in [3.63, 3.8) is 0 Å². The van der Waals surface area contributed by atoms with E-state index < -0.39 is 0 Å². The Labute approximate surface area is 156 Å². The lowest BCUT2D eigenvalue weighted by atomic mass is 9.94. The highest BCUT2D eigenvalue weighted by atomic mass is 16.5. The first-order chi connectivity index (χ1) is 12.7. The van der Waals surface area contributed by atoms with E-state index in [1.54, 1.807) is 7.11 Å². The topological polar surface area (TPSA) is 41.6 Å². The number of carbonyl (C=O) groups is 1. The first-order valence-electron chi connectivity index (χ1n) is 9.37. The third-order valence-corrected chi connectivity index (χ3v) is 5.17. The number of benzene rings is 2. The average molecular weight is 352 g/mol. The number of nitrogens with one attached hydrogen (secondary N) is 1. The van der Waals surface area contributed by atoms with Gasteiger partial charge in [0.2, 0.25) is 5.91 Å². The molecule has 4 heteroatoms. The molecule has 2 aromatic carbocycles. The van der Waals surface area contributed by atoms with Gasteiger partial charge in [0.15, 0.2) is 0 Å². The molecule has 1 aliphatic rings. The van der Waals surface area contributed by atoms with Gasteiger partial charge in [0, 0.05) is 18.0 Å². The summed E-state index contributed by atoms with van der Waals surface area (Å²) in [4.78, 5) is 15.1. The molecule has 0 spiro atoms. The highest BCUT2D eigenvalue weighted by Crippen LogP contribution is 2.26. The molecule has 26 heavy (non-hydrogen) atoms. The van der Waals surface area contributed by atoms with Crippen LogP contribution in [0.25, 0.3) is 0 Å². The zero-order chi connectivity index (χ0) is 18.4. The summed E-state index contributed by atoms with van der Waals surface area (Å²) in [6.07, 6.45) is 1.83. The fraction of sp³-hybridized carbons (Fsp3) is 0.409. The summed E-state index contributed by atoms with van der Waals surface area (Å²) < 4.78 is 5.41. The first kappa shape index (κ1) is 18.5. The quantitative estimate of drug-likeness (QED) is 0.860. The molecule has 1 aliphatic heterocycles. The largest absolute Gasteiger partial charge is 0.496 e. The van der Waals surface area contributed by atoms with Gasteiger partial charge in [-0.05, 0) is 44.5 Å². The third kappa shape index (κ3) is 4.64. The minimum absolute atomic E-state index is 0.0546. The summed E-state index contributed by atoms with van der Waals surface area (Å²) in [6.45, 7) is 4.92. The Kier molecular flexibility index (Phi) is 6.29. The van der Waals surface area contributed by atoms with E-state index >= 15 is 0 Å². The lowest BCUT2D eigenvalue weighted by Gasteiger charge is -2.32. The van der Waals surface area contributed by atoms with Gasteiger partial charge in [-0.3, -0.25) is 9.69 Å². The van der Waals surface area contributed by atoms with E-state index in [1.807, 2.05) is 37.3 Å². The second kappa shape index (κ2) is 8.86. The normalized spacial score (nSPS) is 16.8. The van der Waals surface area contributed by atoms with Gasteiger partial charge in [-0.2, -0.15) is 0 Å². The average Bonchev–Trinajstić information content (AvgIpc) is 2.69. The van der Waals surface area contributed by atoms with Crippen LogP contribution in [0.15, 0.2) is 54.6 Å². The van der Waals surface area contributed by atoms with E-state index in [4.69, 9.17) is 4.74 Å². The number of hydrogen-bond acceptors (Lipinski definition) is 3. The number of likely N-dealkylation sites (tertiary alicyclic amines) is 1. The molecule has 1 fully saturated rings. The zero-order valence-electron chi connectivity index (χ0n) is 15.7. The number of methoxy groups -OCH3 is 1. The van der Waals surface area contributed by atoms with Crippen LogP contribution in [-0.4, -0.2) is 31.0 Å². The monoisotopic (exact) mass is 352 g/mol. The molecule has 1 saturated heterocycles. The first-order valence-corrected chi connectivity index (χ1v) is 9.37. The van der Waals surface area contributed by atoms with E-state index in [1.165, 1.54) is 5.56 Å². The van der Waals surface area contributed by atoms with Crippen LogP contribution in [0.4, 0.5) is 0 Å². The number of rotatable bonds is 6. The summed E-state index contributed by atoms with van der Waals surface area (Å²) >= 11 is 0. The fourth-order valence-corrected chi connectivity index (χ4v) is 3.63. The van der Waals surface area contributed by atoms with E-state index in [9.17, 15) is 4.79 Å². The van der Waals surface area contributed by atoms with Gasteiger partial charge >= 0.3 is 0 Å². The van der Waals surface area contributed by atoms with Gasteiger partial charge in [-0.1, -0.05) is 48.5 Å². The smallest absolute Gasteiger partial charge is 0.223 e. The molecule has 3 rings (SSSR count). The van der Waals surface area contributed by atoms with E-state index in [-0.39, 0.29) is 17.9 Å². The molecule has 0 aromatic heterocycles. The van der Waals surface area contributed by atoms with Crippen LogP contribution in [0.5, 0.6) is 5.75 Å². The Morgan fingerprint density at radius 1 is 1.12 bits per heavy atom. The summed E-state index contributed by atoms with van der Waals surface area (Å²) in [5, 5.41) is 3.17. The van der Waals surface area contributed by atoms with Gasteiger partial charge in [0.1, 0.15) is 5.75 Å². The van der Waals surface area contributed by atoms with Crippen molar-refractivity contribution in [2.45, 2.75) is 32.4 Å². The molecule has 2 aromatic rings. The van der Waals surface area contributed by atoms with Crippen LogP contribution in [0.1, 0.15) is 36.9 Å². The van der Waals surface area contributed by atoms with Crippen LogP contribution >= 0.6 is 0 Å². The van der Waals surface area contributed by atoms with Crippen molar-refractivity contribution in [1.29, 1.82) is 0 Å². The highest BCUT2D eigenvalue weighted by molar-refractivity contribution is 5.79. The summed E-state index contributed by atoms with van der Waals surface area (Å²) in [7, 11) is 1.66. The number of carbonyl (C=O) groups excluding carboxylic acids is 1. The molecule has 0 saturated carbocycles. The van der Waals surface area contributed by atoms with Crippen molar-refractivity contribution in [3.05, 3.63) is 65.7 Å². The third-order valence-electron chi connectivity index (χ3n) is 5.17. The second-order valence-corrected chi connectivity index (χ2v) is 7.01. The highest BCUT2D eigenvalue weighted by Gasteiger charge is 2.26. The van der Waals surface area contributed by atoms with Gasteiger partial charge in [0.05, 0.1) is 13.2 Å². The maximum Gasteiger partial charge on any atom is 0.223 e. The van der Waals surface area contributed by atoms with Crippen LogP contribution in [0.3, 0.4) is 0 Å². The summed E-state index contributed by atoms with van der Waals surface area (Å²) in [5.41, 5.74) is 2.35. The number of hydrogen-bond donors (Lipinski definition) is 1. The van der Waals surface area contributed by atoms with Gasteiger partial charge < -0.3 is 10.1 Å². The number of amides is 1. The van der Waals surface area contributed by atoms with E-state index in [0.717, 1.165) is 43.8 Å². The molecule has 1 amide bonds. The van der Waals surface area contributed by atoms with Crippen molar-refractivity contribution in [2.24, 2.45) is 5.92 Å². The lowest BCUT2D eigenvalue weighted by Crippen LogP contribution is -2.40. The molecule has 1 atom stereocenters. The minimum atomic E-state index is -0.0546. The maximum atomic E-state index is 12.7. The Hall–Kier alpha value is -2.33. The van der Waals surface area contributed by atoms with Crippen LogP contribution < -0.4 is 10.1 Å². The van der Waals surface area contributed by atoms with Crippen LogP contribution in [0.2, 0.25) is 0 Å². The standard InChI is InChI=1S/C22H28N2O2/c1-17(20-10-6-7-11-21(20)26-2)23-22(25)19-12-14-24(15-13-19)16-18-8-4-3-5-9-18/h3-11,17,19H,12-16H2,1-2H3,(H,23,25)/t17-/m1/s1. The number of para-hydroxylation sites is 1. The summed E-state index contributed by atoms with van der Waals surface area (Å²) in [6, 6.07) is 18.3. The van der Waals surface area contributed by atoms with Crippen molar-refractivity contribution >= 4 is 5.91 Å². The van der Waals surface area contributed by atoms with Crippen LogP contribution in [-0.2, 0) is 11.3 Å². The molecule has 0 bridgehead atoms. The zero-order valence-corrected chi connectivity index (χ0v) is 15.7. The predicted molar refractivity (Wildman–Crippen MR) is 104 cm³/mol. The van der Waals surface area contributed by atoms with Gasteiger partial charge in [0.25, 0.3) is 0 Å². The van der Waals surface area contributed by atoms with Crippen molar-refractivity contribution in [3.8, 4) is 5.75 Å². The fourth-order valence-electron chi connectivity index (χ4n) is 3.63.